The second-order valence-electron chi connectivity index (χ2n) is 6.39. The maximum atomic E-state index is 12.1. The van der Waals surface area contributed by atoms with Crippen LogP contribution in [0.15, 0.2) is 29.1 Å². The minimum absolute atomic E-state index is 0.0446. The van der Waals surface area contributed by atoms with Crippen molar-refractivity contribution in [1.82, 2.24) is 19.8 Å². The zero-order valence-corrected chi connectivity index (χ0v) is 15.1. The van der Waals surface area contributed by atoms with Crippen LogP contribution in [0.1, 0.15) is 31.7 Å². The summed E-state index contributed by atoms with van der Waals surface area (Å²) in [4.78, 5) is 57.0. The van der Waals surface area contributed by atoms with Crippen LogP contribution in [-0.2, 0) is 14.3 Å². The molecule has 1 N–H and O–H groups in total. The summed E-state index contributed by atoms with van der Waals surface area (Å²) in [5, 5.41) is 0.463. The van der Waals surface area contributed by atoms with E-state index in [1.54, 1.807) is 38.2 Å². The lowest BCUT2D eigenvalue weighted by Crippen LogP contribution is -2.32. The second kappa shape index (κ2) is 7.56. The molecule has 3 amide bonds. The van der Waals surface area contributed by atoms with Crippen LogP contribution >= 0.6 is 0 Å². The van der Waals surface area contributed by atoms with Gasteiger partial charge in [-0.3, -0.25) is 19.3 Å². The van der Waals surface area contributed by atoms with Crippen molar-refractivity contribution in [3.8, 4) is 0 Å². The molecule has 1 aromatic carbocycles. The predicted molar refractivity (Wildman–Crippen MR) is 95.8 cm³/mol. The first-order valence-electron chi connectivity index (χ1n) is 8.60. The van der Waals surface area contributed by atoms with Gasteiger partial charge in [-0.05, 0) is 25.5 Å². The number of nitrogens with zero attached hydrogens (tertiary/aromatic N) is 3. The Morgan fingerprint density at radius 1 is 1.30 bits per heavy atom. The molecule has 0 saturated carbocycles. The number of nitrogens with one attached hydrogen (secondary N) is 1. The Morgan fingerprint density at radius 3 is 2.74 bits per heavy atom. The predicted octanol–water partition coefficient (Wildman–Crippen LogP) is 1.20. The number of aromatic amines is 1. The van der Waals surface area contributed by atoms with Crippen molar-refractivity contribution < 1.29 is 19.1 Å². The molecule has 1 aliphatic rings. The second-order valence-corrected chi connectivity index (χ2v) is 6.39. The number of hydrogen-bond acceptors (Lipinski definition) is 6. The molecule has 9 heteroatoms. The summed E-state index contributed by atoms with van der Waals surface area (Å²) in [5.74, 6) is -0.508. The molecule has 2 aromatic rings. The first-order valence-corrected chi connectivity index (χ1v) is 8.60. The highest BCUT2D eigenvalue weighted by molar-refractivity contribution is 6.01. The van der Waals surface area contributed by atoms with E-state index >= 15 is 0 Å². The van der Waals surface area contributed by atoms with E-state index in [1.807, 2.05) is 0 Å². The van der Waals surface area contributed by atoms with Crippen LogP contribution in [0.25, 0.3) is 10.9 Å². The fourth-order valence-corrected chi connectivity index (χ4v) is 2.88. The van der Waals surface area contributed by atoms with Crippen LogP contribution in [0.4, 0.5) is 4.79 Å². The van der Waals surface area contributed by atoms with Crippen LogP contribution in [0.2, 0.25) is 0 Å². The van der Waals surface area contributed by atoms with Gasteiger partial charge in [-0.2, -0.15) is 0 Å². The quantitative estimate of drug-likeness (QED) is 0.602. The largest absolute Gasteiger partial charge is 0.454 e. The number of amides is 3. The summed E-state index contributed by atoms with van der Waals surface area (Å²) in [6, 6.07) is 6.53. The lowest BCUT2D eigenvalue weighted by Gasteiger charge is -2.15. The number of likely N-dealkylation sites (N-methyl/N-ethyl adjacent to an activating group) is 1. The summed E-state index contributed by atoms with van der Waals surface area (Å²) < 4.78 is 5.31. The third-order valence-electron chi connectivity index (χ3n) is 4.32. The van der Waals surface area contributed by atoms with Crippen LogP contribution in [0.5, 0.6) is 0 Å². The van der Waals surface area contributed by atoms with E-state index in [2.05, 4.69) is 9.97 Å². The number of esters is 1. The monoisotopic (exact) mass is 372 g/mol. The number of imide groups is 1. The van der Waals surface area contributed by atoms with Gasteiger partial charge in [0, 0.05) is 20.0 Å². The molecule has 1 saturated heterocycles. The van der Waals surface area contributed by atoms with Gasteiger partial charge in [-0.15, -0.1) is 0 Å². The molecule has 3 rings (SSSR count). The van der Waals surface area contributed by atoms with Crippen LogP contribution in [0.3, 0.4) is 0 Å². The maximum absolute atomic E-state index is 12.1. The number of rotatable bonds is 6. The van der Waals surface area contributed by atoms with Gasteiger partial charge in [0.1, 0.15) is 6.54 Å². The first kappa shape index (κ1) is 18.6. The highest BCUT2D eigenvalue weighted by Gasteiger charge is 2.33. The van der Waals surface area contributed by atoms with Crippen molar-refractivity contribution in [3.05, 3.63) is 40.4 Å². The molecule has 1 fully saturated rings. The summed E-state index contributed by atoms with van der Waals surface area (Å²) in [6.07, 6.45) is -0.377. The van der Waals surface area contributed by atoms with E-state index in [0.29, 0.717) is 17.3 Å². The Kier molecular flexibility index (Phi) is 5.20. The number of para-hydroxylation sites is 1. The molecule has 9 nitrogen and oxygen atoms in total. The smallest absolute Gasteiger partial charge is 0.326 e. The molecule has 1 aliphatic heterocycles. The number of carbonyl (C=O) groups excluding carboxylic acids is 3. The van der Waals surface area contributed by atoms with Gasteiger partial charge in [-0.25, -0.2) is 9.78 Å². The normalized spacial score (nSPS) is 15.5. The van der Waals surface area contributed by atoms with E-state index < -0.39 is 12.1 Å². The number of benzene rings is 1. The molecule has 27 heavy (non-hydrogen) atoms. The summed E-state index contributed by atoms with van der Waals surface area (Å²) in [7, 11) is 1.55. The molecule has 142 valence electrons. The van der Waals surface area contributed by atoms with Crippen molar-refractivity contribution in [2.45, 2.75) is 25.9 Å². The number of carbonyl (C=O) groups is 3. The van der Waals surface area contributed by atoms with E-state index in [0.717, 1.165) is 4.90 Å². The van der Waals surface area contributed by atoms with Crippen molar-refractivity contribution in [3.63, 3.8) is 0 Å². The van der Waals surface area contributed by atoms with Crippen molar-refractivity contribution >= 4 is 28.8 Å². The van der Waals surface area contributed by atoms with E-state index in [9.17, 15) is 19.2 Å². The van der Waals surface area contributed by atoms with Gasteiger partial charge < -0.3 is 14.6 Å². The maximum Gasteiger partial charge on any atom is 0.326 e. The van der Waals surface area contributed by atoms with Crippen molar-refractivity contribution in [1.29, 1.82) is 0 Å². The number of fused-ring (bicyclic) bond motifs is 1. The topological polar surface area (TPSA) is 113 Å². The Bertz CT molecular complexity index is 954. The fraction of sp³-hybridized carbons (Fsp3) is 0.389. The molecule has 0 radical (unpaired) electrons. The zero-order chi connectivity index (χ0) is 19.6. The molecule has 0 bridgehead atoms. The number of ether oxygens (including phenoxy) is 1. The highest BCUT2D eigenvalue weighted by atomic mass is 16.5. The van der Waals surface area contributed by atoms with Crippen LogP contribution in [0, 0.1) is 0 Å². The highest BCUT2D eigenvalue weighted by Crippen LogP contribution is 2.16. The molecule has 2 heterocycles. The van der Waals surface area contributed by atoms with Gasteiger partial charge in [0.25, 0.3) is 5.56 Å². The average Bonchev–Trinajstić information content (AvgIpc) is 2.87. The van der Waals surface area contributed by atoms with Crippen LogP contribution < -0.4 is 5.56 Å². The molecule has 1 aromatic heterocycles. The fourth-order valence-electron chi connectivity index (χ4n) is 2.88. The molecule has 0 spiro atoms. The van der Waals surface area contributed by atoms with Gasteiger partial charge in [-0.1, -0.05) is 12.1 Å². The third-order valence-corrected chi connectivity index (χ3v) is 4.32. The van der Waals surface area contributed by atoms with Crippen molar-refractivity contribution in [2.24, 2.45) is 0 Å². The molecular formula is C18H20N4O5. The Labute approximate surface area is 154 Å². The van der Waals surface area contributed by atoms with Crippen LogP contribution in [-0.4, -0.2) is 57.8 Å². The lowest BCUT2D eigenvalue weighted by atomic mass is 10.2. The Morgan fingerprint density at radius 2 is 2.04 bits per heavy atom. The van der Waals surface area contributed by atoms with Gasteiger partial charge >= 0.3 is 12.0 Å². The summed E-state index contributed by atoms with van der Waals surface area (Å²) in [6.45, 7) is 1.84. The summed E-state index contributed by atoms with van der Waals surface area (Å²) >= 11 is 0. The SMILES string of the molecule is C[C@H](OC(=O)CCCN1C(=O)CN(C)C1=O)c1nc2ccccc2c(=O)[nH]1. The third kappa shape index (κ3) is 3.97. The van der Waals surface area contributed by atoms with E-state index in [-0.39, 0.29) is 42.8 Å². The van der Waals surface area contributed by atoms with Gasteiger partial charge in [0.15, 0.2) is 11.9 Å². The number of H-pyrrole nitrogens is 1. The number of hydrogen-bond donors (Lipinski definition) is 1. The Balaban J connectivity index is 1.56. The minimum Gasteiger partial charge on any atom is -0.454 e. The lowest BCUT2D eigenvalue weighted by molar-refractivity contribution is -0.149. The van der Waals surface area contributed by atoms with Crippen molar-refractivity contribution in [2.75, 3.05) is 20.1 Å². The van der Waals surface area contributed by atoms with Gasteiger partial charge in [0.2, 0.25) is 5.91 Å². The minimum atomic E-state index is -0.726. The van der Waals surface area contributed by atoms with E-state index in [1.165, 1.54) is 4.90 Å². The average molecular weight is 372 g/mol. The van der Waals surface area contributed by atoms with E-state index in [4.69, 9.17) is 4.74 Å². The Hall–Kier alpha value is -3.23. The standard InChI is InChI=1S/C18H20N4O5/c1-11(16-19-13-7-4-3-6-12(13)17(25)20-16)27-15(24)8-5-9-22-14(23)10-21(2)18(22)26/h3-4,6-7,11H,5,8-10H2,1-2H3,(H,19,20,25)/t11-/m0/s1. The number of aromatic nitrogens is 2. The molecule has 1 atom stereocenters. The summed E-state index contributed by atoms with van der Waals surface area (Å²) in [5.41, 5.74) is 0.225. The number of urea groups is 1. The zero-order valence-electron chi connectivity index (χ0n) is 15.1. The molecular weight excluding hydrogens is 352 g/mol. The first-order chi connectivity index (χ1) is 12.9. The molecule has 0 aliphatic carbocycles. The molecule has 0 unspecified atom stereocenters. The van der Waals surface area contributed by atoms with Gasteiger partial charge in [0.05, 0.1) is 10.9 Å².